The van der Waals surface area contributed by atoms with Crippen molar-refractivity contribution in [3.8, 4) is 0 Å². The standard InChI is InChI=1S/C4H11O5P/c1-7-4(8-2)3-9-10(5)6/h4-6H,3H2,1-2H3. The summed E-state index contributed by atoms with van der Waals surface area (Å²) < 4.78 is 13.8. The second kappa shape index (κ2) is 5.97. The first-order chi connectivity index (χ1) is 4.70. The normalized spacial score (nSPS) is 11.4. The van der Waals surface area contributed by atoms with Crippen molar-refractivity contribution in [2.45, 2.75) is 6.29 Å². The lowest BCUT2D eigenvalue weighted by Gasteiger charge is -2.12. The molecule has 0 aromatic rings. The molecule has 2 N–H and O–H groups in total. The topological polar surface area (TPSA) is 68.2 Å². The van der Waals surface area contributed by atoms with Crippen LogP contribution in [-0.2, 0) is 14.0 Å². The van der Waals surface area contributed by atoms with Gasteiger partial charge in [-0.3, -0.25) is 0 Å². The number of rotatable bonds is 5. The SMILES string of the molecule is COC(COP(O)O)OC. The molecule has 0 unspecified atom stereocenters. The van der Waals surface area contributed by atoms with Crippen molar-refractivity contribution in [2.75, 3.05) is 20.8 Å². The first kappa shape index (κ1) is 10.2. The molecule has 0 aliphatic carbocycles. The van der Waals surface area contributed by atoms with Crippen molar-refractivity contribution in [1.29, 1.82) is 0 Å². The molecular weight excluding hydrogens is 159 g/mol. The first-order valence-corrected chi connectivity index (χ1v) is 3.73. The molecule has 0 radical (unpaired) electrons. The van der Waals surface area contributed by atoms with Gasteiger partial charge in [-0.25, -0.2) is 0 Å². The minimum Gasteiger partial charge on any atom is -0.354 e. The van der Waals surface area contributed by atoms with Gasteiger partial charge >= 0.3 is 8.60 Å². The van der Waals surface area contributed by atoms with E-state index in [1.165, 1.54) is 14.2 Å². The van der Waals surface area contributed by atoms with E-state index < -0.39 is 14.9 Å². The molecule has 0 bridgehead atoms. The summed E-state index contributed by atoms with van der Waals surface area (Å²) in [4.78, 5) is 16.6. The smallest absolute Gasteiger partial charge is 0.327 e. The molecular formula is C4H11O5P. The maximum atomic E-state index is 8.28. The van der Waals surface area contributed by atoms with E-state index in [4.69, 9.17) is 19.3 Å². The van der Waals surface area contributed by atoms with Crippen molar-refractivity contribution < 1.29 is 23.8 Å². The highest BCUT2D eigenvalue weighted by molar-refractivity contribution is 7.39. The molecule has 0 fully saturated rings. The van der Waals surface area contributed by atoms with Crippen molar-refractivity contribution in [1.82, 2.24) is 0 Å². The van der Waals surface area contributed by atoms with E-state index in [1.807, 2.05) is 0 Å². The fourth-order valence-electron chi connectivity index (χ4n) is 0.360. The van der Waals surface area contributed by atoms with Gasteiger partial charge in [0.25, 0.3) is 0 Å². The molecule has 0 aromatic carbocycles. The maximum Gasteiger partial charge on any atom is 0.327 e. The molecule has 0 spiro atoms. The fourth-order valence-corrected chi connectivity index (χ4v) is 0.615. The molecule has 0 atom stereocenters. The summed E-state index contributed by atoms with van der Waals surface area (Å²) >= 11 is 0. The Labute approximate surface area is 60.5 Å². The average Bonchev–Trinajstić information content (AvgIpc) is 1.90. The van der Waals surface area contributed by atoms with Crippen LogP contribution >= 0.6 is 8.60 Å². The molecule has 0 heterocycles. The Morgan fingerprint density at radius 3 is 2.10 bits per heavy atom. The van der Waals surface area contributed by atoms with E-state index in [1.54, 1.807) is 0 Å². The third-order valence-electron chi connectivity index (χ3n) is 0.852. The predicted molar refractivity (Wildman–Crippen MR) is 35.1 cm³/mol. The van der Waals surface area contributed by atoms with Gasteiger partial charge < -0.3 is 23.8 Å². The monoisotopic (exact) mass is 170 g/mol. The first-order valence-electron chi connectivity index (χ1n) is 2.57. The molecule has 0 aromatic heterocycles. The molecule has 0 rings (SSSR count). The second-order valence-corrected chi connectivity index (χ2v) is 2.21. The summed E-state index contributed by atoms with van der Waals surface area (Å²) in [5.41, 5.74) is 0. The zero-order chi connectivity index (χ0) is 7.98. The largest absolute Gasteiger partial charge is 0.354 e. The van der Waals surface area contributed by atoms with Gasteiger partial charge in [-0.15, -0.1) is 0 Å². The van der Waals surface area contributed by atoms with Gasteiger partial charge in [-0.05, 0) is 0 Å². The number of ether oxygens (including phenoxy) is 2. The lowest BCUT2D eigenvalue weighted by atomic mass is 10.7. The lowest BCUT2D eigenvalue weighted by molar-refractivity contribution is -0.123. The van der Waals surface area contributed by atoms with Gasteiger partial charge in [0.1, 0.15) is 6.61 Å². The Morgan fingerprint density at radius 2 is 1.80 bits per heavy atom. The van der Waals surface area contributed by atoms with Crippen LogP contribution in [0.3, 0.4) is 0 Å². The molecule has 0 aliphatic rings. The van der Waals surface area contributed by atoms with Crippen molar-refractivity contribution in [2.24, 2.45) is 0 Å². The van der Waals surface area contributed by atoms with Crippen LogP contribution in [0.1, 0.15) is 0 Å². The molecule has 0 saturated carbocycles. The van der Waals surface area contributed by atoms with Crippen LogP contribution in [0.25, 0.3) is 0 Å². The minimum atomic E-state index is -2.30. The second-order valence-electron chi connectivity index (χ2n) is 1.45. The molecule has 10 heavy (non-hydrogen) atoms. The third kappa shape index (κ3) is 5.05. The maximum absolute atomic E-state index is 8.28. The van der Waals surface area contributed by atoms with Crippen molar-refractivity contribution in [3.05, 3.63) is 0 Å². The molecule has 0 aliphatic heterocycles. The quantitative estimate of drug-likeness (QED) is 0.443. The number of hydrogen-bond acceptors (Lipinski definition) is 5. The van der Waals surface area contributed by atoms with E-state index in [0.29, 0.717) is 0 Å². The molecule has 0 saturated heterocycles. The van der Waals surface area contributed by atoms with Crippen LogP contribution < -0.4 is 0 Å². The van der Waals surface area contributed by atoms with E-state index in [-0.39, 0.29) is 6.61 Å². The van der Waals surface area contributed by atoms with Gasteiger partial charge in [-0.2, -0.15) is 0 Å². The molecule has 62 valence electrons. The van der Waals surface area contributed by atoms with Crippen molar-refractivity contribution >= 4 is 8.60 Å². The third-order valence-corrected chi connectivity index (χ3v) is 1.23. The predicted octanol–water partition coefficient (Wildman–Crippen LogP) is -0.167. The van der Waals surface area contributed by atoms with E-state index in [0.717, 1.165) is 0 Å². The highest BCUT2D eigenvalue weighted by Gasteiger charge is 2.07. The zero-order valence-electron chi connectivity index (χ0n) is 5.85. The summed E-state index contributed by atoms with van der Waals surface area (Å²) in [6.07, 6.45) is -0.538. The van der Waals surface area contributed by atoms with E-state index in [9.17, 15) is 0 Å². The Morgan fingerprint density at radius 1 is 1.30 bits per heavy atom. The summed E-state index contributed by atoms with van der Waals surface area (Å²) in [6, 6.07) is 0. The Bertz CT molecular complexity index is 74.0. The highest BCUT2D eigenvalue weighted by Crippen LogP contribution is 2.24. The fraction of sp³-hybridized carbons (Fsp3) is 1.00. The molecule has 6 heteroatoms. The van der Waals surface area contributed by atoms with Crippen LogP contribution in [0, 0.1) is 0 Å². The molecule has 5 nitrogen and oxygen atoms in total. The van der Waals surface area contributed by atoms with Crippen LogP contribution in [0.2, 0.25) is 0 Å². The average molecular weight is 170 g/mol. The minimum absolute atomic E-state index is 0.0195. The van der Waals surface area contributed by atoms with Crippen LogP contribution in [0.4, 0.5) is 0 Å². The van der Waals surface area contributed by atoms with Crippen LogP contribution in [-0.4, -0.2) is 36.9 Å². The van der Waals surface area contributed by atoms with Crippen molar-refractivity contribution in [3.63, 3.8) is 0 Å². The summed E-state index contributed by atoms with van der Waals surface area (Å²) in [5.74, 6) is 0. The van der Waals surface area contributed by atoms with Gasteiger partial charge in [0, 0.05) is 14.2 Å². The molecule has 0 amide bonds. The Kier molecular flexibility index (Phi) is 6.11. The Balaban J connectivity index is 3.26. The number of methoxy groups -OCH3 is 2. The lowest BCUT2D eigenvalue weighted by Crippen LogP contribution is -2.18. The number of hydrogen-bond donors (Lipinski definition) is 2. The summed E-state index contributed by atoms with van der Waals surface area (Å²) in [7, 11) is 0.574. The Hall–Kier alpha value is 0.230. The van der Waals surface area contributed by atoms with Gasteiger partial charge in [0.2, 0.25) is 0 Å². The summed E-state index contributed by atoms with van der Waals surface area (Å²) in [6.45, 7) is 0.0195. The highest BCUT2D eigenvalue weighted by atomic mass is 31.2. The van der Waals surface area contributed by atoms with Crippen LogP contribution in [0.5, 0.6) is 0 Å². The van der Waals surface area contributed by atoms with Gasteiger partial charge in [0.05, 0.1) is 0 Å². The summed E-state index contributed by atoms with van der Waals surface area (Å²) in [5, 5.41) is 0. The van der Waals surface area contributed by atoms with Gasteiger partial charge in [-0.1, -0.05) is 0 Å². The van der Waals surface area contributed by atoms with Crippen LogP contribution in [0.15, 0.2) is 0 Å². The van der Waals surface area contributed by atoms with E-state index >= 15 is 0 Å². The van der Waals surface area contributed by atoms with E-state index in [2.05, 4.69) is 4.52 Å². The van der Waals surface area contributed by atoms with Gasteiger partial charge in [0.15, 0.2) is 6.29 Å². The zero-order valence-corrected chi connectivity index (χ0v) is 6.75.